The van der Waals surface area contributed by atoms with Crippen molar-refractivity contribution in [3.63, 3.8) is 0 Å². The van der Waals surface area contributed by atoms with Crippen LogP contribution in [0.15, 0.2) is 30.5 Å². The van der Waals surface area contributed by atoms with Crippen molar-refractivity contribution in [1.29, 1.82) is 0 Å². The summed E-state index contributed by atoms with van der Waals surface area (Å²) in [6.45, 7) is 1.63. The molecule has 2 aromatic rings. The quantitative estimate of drug-likeness (QED) is 0.874. The maximum Gasteiger partial charge on any atom is 0.416 e. The Balaban J connectivity index is 1.68. The van der Waals surface area contributed by atoms with Gasteiger partial charge in [0.2, 0.25) is 10.0 Å². The lowest BCUT2D eigenvalue weighted by Gasteiger charge is -2.30. The molecule has 0 amide bonds. The molecule has 2 heterocycles. The van der Waals surface area contributed by atoms with Crippen LogP contribution in [0.4, 0.5) is 18.9 Å². The first-order chi connectivity index (χ1) is 12.1. The second-order valence-electron chi connectivity index (χ2n) is 6.57. The first kappa shape index (κ1) is 18.9. The monoisotopic (exact) mass is 387 g/mol. The van der Waals surface area contributed by atoms with Gasteiger partial charge in [0.15, 0.2) is 0 Å². The van der Waals surface area contributed by atoms with Gasteiger partial charge in [-0.05, 0) is 37.0 Å². The van der Waals surface area contributed by atoms with Crippen LogP contribution in [-0.2, 0) is 16.2 Å². The van der Waals surface area contributed by atoms with E-state index in [-0.39, 0.29) is 5.52 Å². The number of benzene rings is 1. The molecule has 0 aliphatic carbocycles. The van der Waals surface area contributed by atoms with Crippen LogP contribution in [0.5, 0.6) is 0 Å². The van der Waals surface area contributed by atoms with Crippen molar-refractivity contribution in [2.75, 3.05) is 31.2 Å². The lowest BCUT2D eigenvalue weighted by atomic mass is 9.98. The maximum absolute atomic E-state index is 12.8. The fourth-order valence-corrected chi connectivity index (χ4v) is 4.05. The fourth-order valence-electron chi connectivity index (χ4n) is 3.18. The lowest BCUT2D eigenvalue weighted by molar-refractivity contribution is -0.137. The molecule has 3 rings (SSSR count). The molecule has 26 heavy (non-hydrogen) atoms. The van der Waals surface area contributed by atoms with Gasteiger partial charge in [0, 0.05) is 36.9 Å². The first-order valence-electron chi connectivity index (χ1n) is 8.29. The number of aromatic nitrogens is 1. The van der Waals surface area contributed by atoms with Gasteiger partial charge >= 0.3 is 6.18 Å². The molecule has 1 aliphatic heterocycles. The summed E-state index contributed by atoms with van der Waals surface area (Å²) in [7, 11) is -3.15. The fraction of sp³-hybridized carbons (Fsp3) is 0.471. The second kappa shape index (κ2) is 7.03. The summed E-state index contributed by atoms with van der Waals surface area (Å²) >= 11 is 0. The molecule has 1 aliphatic rings. The minimum Gasteiger partial charge on any atom is -0.384 e. The van der Waals surface area contributed by atoms with Gasteiger partial charge in [0.25, 0.3) is 0 Å². The predicted octanol–water partition coefficient (Wildman–Crippen LogP) is 3.34. The molecule has 5 nitrogen and oxygen atoms in total. The highest BCUT2D eigenvalue weighted by Crippen LogP contribution is 2.32. The van der Waals surface area contributed by atoms with Crippen LogP contribution in [0.25, 0.3) is 10.9 Å². The van der Waals surface area contributed by atoms with E-state index in [4.69, 9.17) is 0 Å². The third kappa shape index (κ3) is 4.27. The summed E-state index contributed by atoms with van der Waals surface area (Å²) in [6, 6.07) is 5.27. The van der Waals surface area contributed by atoms with Crippen molar-refractivity contribution in [1.82, 2.24) is 9.29 Å². The maximum atomic E-state index is 12.8. The van der Waals surface area contributed by atoms with Crippen molar-refractivity contribution in [3.8, 4) is 0 Å². The number of nitrogens with zero attached hydrogens (tertiary/aromatic N) is 2. The first-order valence-corrected chi connectivity index (χ1v) is 10.1. The third-order valence-electron chi connectivity index (χ3n) is 4.69. The van der Waals surface area contributed by atoms with Crippen LogP contribution in [0.2, 0.25) is 0 Å². The molecule has 0 atom stereocenters. The number of sulfonamides is 1. The normalized spacial score (nSPS) is 17.5. The Bertz CT molecular complexity index is 892. The topological polar surface area (TPSA) is 62.3 Å². The van der Waals surface area contributed by atoms with E-state index >= 15 is 0 Å². The number of rotatable bonds is 4. The highest BCUT2D eigenvalue weighted by molar-refractivity contribution is 7.88. The van der Waals surface area contributed by atoms with Gasteiger partial charge in [-0.1, -0.05) is 6.07 Å². The van der Waals surface area contributed by atoms with Crippen LogP contribution < -0.4 is 5.32 Å². The van der Waals surface area contributed by atoms with E-state index in [9.17, 15) is 21.6 Å². The van der Waals surface area contributed by atoms with Crippen LogP contribution >= 0.6 is 0 Å². The molecule has 0 bridgehead atoms. The summed E-state index contributed by atoms with van der Waals surface area (Å²) in [6.07, 6.45) is -0.198. The van der Waals surface area contributed by atoms with Gasteiger partial charge < -0.3 is 5.32 Å². The summed E-state index contributed by atoms with van der Waals surface area (Å²) in [4.78, 5) is 4.03. The Labute approximate surface area is 150 Å². The summed E-state index contributed by atoms with van der Waals surface area (Å²) in [5, 5.41) is 3.91. The van der Waals surface area contributed by atoms with E-state index in [0.29, 0.717) is 30.9 Å². The van der Waals surface area contributed by atoms with E-state index < -0.39 is 21.8 Å². The largest absolute Gasteiger partial charge is 0.416 e. The molecule has 9 heteroatoms. The molecular formula is C17H20F3N3O2S. The zero-order chi connectivity index (χ0) is 18.9. The number of fused-ring (bicyclic) bond motifs is 1. The van der Waals surface area contributed by atoms with Crippen LogP contribution in [0.1, 0.15) is 18.4 Å². The van der Waals surface area contributed by atoms with E-state index in [2.05, 4.69) is 10.3 Å². The minimum atomic E-state index is -4.40. The minimum absolute atomic E-state index is 0.289. The number of pyridine rings is 1. The van der Waals surface area contributed by atoms with Gasteiger partial charge in [-0.25, -0.2) is 12.7 Å². The number of nitrogens with one attached hydrogen (secondary N) is 1. The Morgan fingerprint density at radius 2 is 1.92 bits per heavy atom. The van der Waals surface area contributed by atoms with E-state index in [1.807, 2.05) is 0 Å². The van der Waals surface area contributed by atoms with Crippen LogP contribution in [-0.4, -0.2) is 43.6 Å². The van der Waals surface area contributed by atoms with Gasteiger partial charge in [-0.2, -0.15) is 13.2 Å². The molecule has 1 aromatic heterocycles. The van der Waals surface area contributed by atoms with Crippen LogP contribution in [0, 0.1) is 5.92 Å². The van der Waals surface area contributed by atoms with Gasteiger partial charge in [0.1, 0.15) is 0 Å². The van der Waals surface area contributed by atoms with Crippen molar-refractivity contribution >= 4 is 26.6 Å². The molecule has 0 saturated carbocycles. The number of piperidine rings is 1. The SMILES string of the molecule is CS(=O)(=O)N1CCC(CNc2ccnc3cc(C(F)(F)F)ccc23)CC1. The number of alkyl halides is 3. The number of anilines is 1. The van der Waals surface area contributed by atoms with Gasteiger partial charge in [-0.3, -0.25) is 4.98 Å². The third-order valence-corrected chi connectivity index (χ3v) is 6.00. The Morgan fingerprint density at radius 3 is 2.54 bits per heavy atom. The molecule has 0 spiro atoms. The Morgan fingerprint density at radius 1 is 1.23 bits per heavy atom. The molecule has 1 aromatic carbocycles. The smallest absolute Gasteiger partial charge is 0.384 e. The van der Waals surface area contributed by atoms with Crippen molar-refractivity contribution < 1.29 is 21.6 Å². The molecule has 0 unspecified atom stereocenters. The molecule has 1 fully saturated rings. The highest BCUT2D eigenvalue weighted by Gasteiger charge is 2.30. The molecular weight excluding hydrogens is 367 g/mol. The lowest BCUT2D eigenvalue weighted by Crippen LogP contribution is -2.39. The second-order valence-corrected chi connectivity index (χ2v) is 8.56. The summed E-state index contributed by atoms with van der Waals surface area (Å²) in [5.74, 6) is 0.311. The Kier molecular flexibility index (Phi) is 5.12. The summed E-state index contributed by atoms with van der Waals surface area (Å²) < 4.78 is 63.1. The number of hydrogen-bond acceptors (Lipinski definition) is 4. The molecule has 1 N–H and O–H groups in total. The average Bonchev–Trinajstić information content (AvgIpc) is 2.58. The summed E-state index contributed by atoms with van der Waals surface area (Å²) in [5.41, 5.74) is 0.300. The standard InChI is InChI=1S/C17H20F3N3O2S/c1-26(24,25)23-8-5-12(6-9-23)11-22-15-4-7-21-16-10-13(17(18,19)20)2-3-14(15)16/h2-4,7,10,12H,5-6,8-9,11H2,1H3,(H,21,22). The van der Waals surface area contributed by atoms with Crippen molar-refractivity contribution in [2.45, 2.75) is 19.0 Å². The highest BCUT2D eigenvalue weighted by atomic mass is 32.2. The van der Waals surface area contributed by atoms with Gasteiger partial charge in [-0.15, -0.1) is 0 Å². The van der Waals surface area contributed by atoms with E-state index in [1.165, 1.54) is 22.8 Å². The average molecular weight is 387 g/mol. The number of halogens is 3. The zero-order valence-electron chi connectivity index (χ0n) is 14.3. The zero-order valence-corrected chi connectivity index (χ0v) is 15.1. The van der Waals surface area contributed by atoms with E-state index in [1.54, 1.807) is 6.07 Å². The predicted molar refractivity (Wildman–Crippen MR) is 94.4 cm³/mol. The van der Waals surface area contributed by atoms with E-state index in [0.717, 1.165) is 30.7 Å². The number of hydrogen-bond donors (Lipinski definition) is 1. The van der Waals surface area contributed by atoms with Crippen molar-refractivity contribution in [2.24, 2.45) is 5.92 Å². The molecule has 0 radical (unpaired) electrons. The molecule has 142 valence electrons. The molecule has 1 saturated heterocycles. The van der Waals surface area contributed by atoms with Gasteiger partial charge in [0.05, 0.1) is 17.3 Å². The van der Waals surface area contributed by atoms with Crippen molar-refractivity contribution in [3.05, 3.63) is 36.0 Å². The Hall–Kier alpha value is -1.87. The van der Waals surface area contributed by atoms with Crippen LogP contribution in [0.3, 0.4) is 0 Å².